The Labute approximate surface area is 143 Å². The van der Waals surface area contributed by atoms with Crippen LogP contribution in [0.5, 0.6) is 0 Å². The Morgan fingerprint density at radius 1 is 1.17 bits per heavy atom. The molecule has 24 heavy (non-hydrogen) atoms. The van der Waals surface area contributed by atoms with Gasteiger partial charge in [0.25, 0.3) is 0 Å². The summed E-state index contributed by atoms with van der Waals surface area (Å²) >= 11 is 0. The number of aryl methyl sites for hydroxylation is 1. The molecule has 0 aromatic heterocycles. The minimum absolute atomic E-state index is 0.00530. The van der Waals surface area contributed by atoms with Gasteiger partial charge in [-0.25, -0.2) is 4.79 Å². The Balaban J connectivity index is 1.75. The zero-order chi connectivity index (χ0) is 16.8. The Morgan fingerprint density at radius 3 is 2.71 bits per heavy atom. The maximum atomic E-state index is 12.6. The number of benzene rings is 2. The number of carbonyl (C=O) groups excluding carboxylic acids is 1. The molecule has 2 aromatic rings. The SMILES string of the molecule is C#CCN(C(=O)OCc1ccccc1)C1CCCc2ccccc21. The molecule has 1 aliphatic rings. The average Bonchev–Trinajstić information content (AvgIpc) is 2.65. The highest BCUT2D eigenvalue weighted by Crippen LogP contribution is 2.34. The number of hydrogen-bond acceptors (Lipinski definition) is 2. The average molecular weight is 319 g/mol. The van der Waals surface area contributed by atoms with Crippen LogP contribution in [0.3, 0.4) is 0 Å². The summed E-state index contributed by atoms with van der Waals surface area (Å²) in [6, 6.07) is 17.9. The van der Waals surface area contributed by atoms with Crippen LogP contribution in [-0.2, 0) is 17.8 Å². The van der Waals surface area contributed by atoms with Gasteiger partial charge in [0, 0.05) is 0 Å². The third-order valence-electron chi connectivity index (χ3n) is 4.42. The first-order valence-electron chi connectivity index (χ1n) is 8.28. The highest BCUT2D eigenvalue weighted by Gasteiger charge is 2.29. The van der Waals surface area contributed by atoms with Crippen LogP contribution in [0.15, 0.2) is 54.6 Å². The van der Waals surface area contributed by atoms with E-state index in [9.17, 15) is 4.79 Å². The molecule has 0 heterocycles. The van der Waals surface area contributed by atoms with Crippen LogP contribution >= 0.6 is 0 Å². The van der Waals surface area contributed by atoms with Gasteiger partial charge in [0.1, 0.15) is 6.61 Å². The molecule has 122 valence electrons. The highest BCUT2D eigenvalue weighted by atomic mass is 16.6. The van der Waals surface area contributed by atoms with Gasteiger partial charge in [-0.15, -0.1) is 6.42 Å². The molecule has 3 nitrogen and oxygen atoms in total. The van der Waals surface area contributed by atoms with Crippen LogP contribution in [0.2, 0.25) is 0 Å². The van der Waals surface area contributed by atoms with Crippen LogP contribution in [-0.4, -0.2) is 17.5 Å². The van der Waals surface area contributed by atoms with Gasteiger partial charge >= 0.3 is 6.09 Å². The summed E-state index contributed by atoms with van der Waals surface area (Å²) in [7, 11) is 0. The number of fused-ring (bicyclic) bond motifs is 1. The fourth-order valence-electron chi connectivity index (χ4n) is 3.25. The molecule has 1 aliphatic carbocycles. The van der Waals surface area contributed by atoms with Gasteiger partial charge < -0.3 is 4.74 Å². The fraction of sp³-hybridized carbons (Fsp3) is 0.286. The van der Waals surface area contributed by atoms with Gasteiger partial charge in [0.2, 0.25) is 0 Å². The van der Waals surface area contributed by atoms with E-state index in [0.717, 1.165) is 24.8 Å². The molecular weight excluding hydrogens is 298 g/mol. The number of ether oxygens (including phenoxy) is 1. The molecule has 2 aromatic carbocycles. The Hall–Kier alpha value is -2.73. The summed E-state index contributed by atoms with van der Waals surface area (Å²) < 4.78 is 5.50. The third kappa shape index (κ3) is 3.60. The Morgan fingerprint density at radius 2 is 1.92 bits per heavy atom. The number of rotatable bonds is 4. The van der Waals surface area contributed by atoms with Crippen molar-refractivity contribution in [2.75, 3.05) is 6.54 Å². The first kappa shape index (κ1) is 16.1. The van der Waals surface area contributed by atoms with Crippen molar-refractivity contribution in [1.29, 1.82) is 0 Å². The smallest absolute Gasteiger partial charge is 0.411 e. The number of carbonyl (C=O) groups is 1. The number of nitrogens with zero attached hydrogens (tertiary/aromatic N) is 1. The molecule has 1 atom stereocenters. The van der Waals surface area contributed by atoms with Crippen LogP contribution in [0.1, 0.15) is 35.6 Å². The summed E-state index contributed by atoms with van der Waals surface area (Å²) in [5.41, 5.74) is 3.46. The molecule has 0 aliphatic heterocycles. The molecule has 1 unspecified atom stereocenters. The van der Waals surface area contributed by atoms with E-state index in [-0.39, 0.29) is 25.3 Å². The molecule has 0 spiro atoms. The minimum Gasteiger partial charge on any atom is -0.445 e. The van der Waals surface area contributed by atoms with Crippen LogP contribution in [0, 0.1) is 12.3 Å². The third-order valence-corrected chi connectivity index (χ3v) is 4.42. The lowest BCUT2D eigenvalue weighted by molar-refractivity contribution is 0.0823. The second-order valence-electron chi connectivity index (χ2n) is 5.98. The predicted octanol–water partition coefficient (Wildman–Crippen LogP) is 4.34. The van der Waals surface area contributed by atoms with E-state index in [1.165, 1.54) is 11.1 Å². The Bertz CT molecular complexity index is 733. The maximum Gasteiger partial charge on any atom is 0.411 e. The molecule has 3 heteroatoms. The number of amides is 1. The molecule has 0 radical (unpaired) electrons. The minimum atomic E-state index is -0.349. The normalized spacial score (nSPS) is 15.9. The van der Waals surface area contributed by atoms with E-state index in [4.69, 9.17) is 11.2 Å². The summed E-state index contributed by atoms with van der Waals surface area (Å²) in [4.78, 5) is 14.3. The molecule has 0 N–H and O–H groups in total. The monoisotopic (exact) mass is 319 g/mol. The largest absolute Gasteiger partial charge is 0.445 e. The second-order valence-corrected chi connectivity index (χ2v) is 5.98. The molecule has 3 rings (SSSR count). The quantitative estimate of drug-likeness (QED) is 0.785. The lowest BCUT2D eigenvalue weighted by Crippen LogP contribution is -2.37. The zero-order valence-electron chi connectivity index (χ0n) is 13.7. The molecule has 0 fully saturated rings. The first-order chi connectivity index (χ1) is 11.8. The van der Waals surface area contributed by atoms with Crippen LogP contribution in [0.25, 0.3) is 0 Å². The van der Waals surface area contributed by atoms with Crippen molar-refractivity contribution >= 4 is 6.09 Å². The summed E-state index contributed by atoms with van der Waals surface area (Å²) in [5.74, 6) is 2.60. The molecule has 0 saturated heterocycles. The predicted molar refractivity (Wildman–Crippen MR) is 94.3 cm³/mol. The van der Waals surface area contributed by atoms with Gasteiger partial charge in [-0.3, -0.25) is 4.90 Å². The summed E-state index contributed by atoms with van der Waals surface area (Å²) in [5, 5.41) is 0. The number of terminal acetylenes is 1. The zero-order valence-corrected chi connectivity index (χ0v) is 13.7. The van der Waals surface area contributed by atoms with E-state index >= 15 is 0 Å². The van der Waals surface area contributed by atoms with Gasteiger partial charge in [-0.1, -0.05) is 60.5 Å². The van der Waals surface area contributed by atoms with Crippen molar-refractivity contribution in [2.45, 2.75) is 31.9 Å². The van der Waals surface area contributed by atoms with Gasteiger partial charge in [0.05, 0.1) is 12.6 Å². The van der Waals surface area contributed by atoms with Crippen molar-refractivity contribution < 1.29 is 9.53 Å². The molecular formula is C21H21NO2. The van der Waals surface area contributed by atoms with E-state index in [2.05, 4.69) is 18.1 Å². The number of hydrogen-bond donors (Lipinski definition) is 0. The first-order valence-corrected chi connectivity index (χ1v) is 8.28. The lowest BCUT2D eigenvalue weighted by Gasteiger charge is -2.34. The molecule has 0 saturated carbocycles. The summed E-state index contributed by atoms with van der Waals surface area (Å²) in [6.45, 7) is 0.516. The lowest BCUT2D eigenvalue weighted by atomic mass is 9.87. The van der Waals surface area contributed by atoms with Crippen molar-refractivity contribution in [3.05, 3.63) is 71.3 Å². The van der Waals surface area contributed by atoms with Crippen molar-refractivity contribution in [1.82, 2.24) is 4.90 Å². The standard InChI is InChI=1S/C21H21NO2/c1-2-15-22(21(23)24-16-17-9-4-3-5-10-17)20-14-8-12-18-11-6-7-13-19(18)20/h1,3-7,9-11,13,20H,8,12,14-16H2. The van der Waals surface area contributed by atoms with Crippen molar-refractivity contribution in [2.24, 2.45) is 0 Å². The van der Waals surface area contributed by atoms with Crippen molar-refractivity contribution in [3.63, 3.8) is 0 Å². The molecule has 1 amide bonds. The second kappa shape index (κ2) is 7.70. The highest BCUT2D eigenvalue weighted by molar-refractivity contribution is 5.69. The van der Waals surface area contributed by atoms with Crippen LogP contribution in [0.4, 0.5) is 4.79 Å². The Kier molecular flexibility index (Phi) is 5.18. The fourth-order valence-corrected chi connectivity index (χ4v) is 3.25. The topological polar surface area (TPSA) is 29.5 Å². The van der Waals surface area contributed by atoms with E-state index in [0.29, 0.717) is 0 Å². The summed E-state index contributed by atoms with van der Waals surface area (Å²) in [6.07, 6.45) is 8.17. The van der Waals surface area contributed by atoms with Gasteiger partial charge in [-0.2, -0.15) is 0 Å². The van der Waals surface area contributed by atoms with E-state index in [1.807, 2.05) is 42.5 Å². The van der Waals surface area contributed by atoms with E-state index < -0.39 is 0 Å². The van der Waals surface area contributed by atoms with E-state index in [1.54, 1.807) is 4.90 Å². The molecule has 0 bridgehead atoms. The van der Waals surface area contributed by atoms with Gasteiger partial charge in [-0.05, 0) is 36.0 Å². The van der Waals surface area contributed by atoms with Gasteiger partial charge in [0.15, 0.2) is 0 Å². The van der Waals surface area contributed by atoms with Crippen LogP contribution < -0.4 is 0 Å². The maximum absolute atomic E-state index is 12.6. The van der Waals surface area contributed by atoms with Crippen molar-refractivity contribution in [3.8, 4) is 12.3 Å².